The van der Waals surface area contributed by atoms with Crippen molar-refractivity contribution in [3.05, 3.63) is 56.5 Å². The van der Waals surface area contributed by atoms with Crippen molar-refractivity contribution in [2.75, 3.05) is 11.1 Å². The van der Waals surface area contributed by atoms with Crippen LogP contribution in [0.25, 0.3) is 0 Å². The number of nitrogens with one attached hydrogen (secondary N) is 1. The lowest BCUT2D eigenvalue weighted by Crippen LogP contribution is -2.15. The molecule has 2 aromatic carbocycles. The molecule has 5 heteroatoms. The standard InChI is InChI=1S/C15H14BrClN2O/c1-8-6-10(7-9(2)14(8)16)19-15(20)13-11(17)4-3-5-12(13)18/h3-7H,18H2,1-2H3,(H,19,20). The average Bonchev–Trinajstić information content (AvgIpc) is 2.35. The largest absolute Gasteiger partial charge is 0.398 e. The molecule has 0 aliphatic carbocycles. The van der Waals surface area contributed by atoms with Gasteiger partial charge in [0.15, 0.2) is 0 Å². The molecule has 2 rings (SSSR count). The van der Waals surface area contributed by atoms with E-state index in [1.54, 1.807) is 18.2 Å². The zero-order valence-electron chi connectivity index (χ0n) is 11.1. The third-order valence-corrected chi connectivity index (χ3v) is 4.53. The highest BCUT2D eigenvalue weighted by Crippen LogP contribution is 2.27. The van der Waals surface area contributed by atoms with Crippen LogP contribution in [0, 0.1) is 13.8 Å². The maximum absolute atomic E-state index is 12.3. The van der Waals surface area contributed by atoms with Gasteiger partial charge in [0.2, 0.25) is 0 Å². The van der Waals surface area contributed by atoms with Gasteiger partial charge in [0.05, 0.1) is 10.6 Å². The average molecular weight is 354 g/mol. The van der Waals surface area contributed by atoms with E-state index in [2.05, 4.69) is 21.2 Å². The van der Waals surface area contributed by atoms with Gasteiger partial charge in [-0.25, -0.2) is 0 Å². The van der Waals surface area contributed by atoms with Crippen LogP contribution in [0.1, 0.15) is 21.5 Å². The Labute approximate surface area is 131 Å². The first-order chi connectivity index (χ1) is 9.40. The van der Waals surface area contributed by atoms with Gasteiger partial charge in [0.25, 0.3) is 5.91 Å². The van der Waals surface area contributed by atoms with Gasteiger partial charge < -0.3 is 11.1 Å². The maximum atomic E-state index is 12.3. The lowest BCUT2D eigenvalue weighted by molar-refractivity contribution is 0.102. The van der Waals surface area contributed by atoms with E-state index in [0.29, 0.717) is 22.0 Å². The molecule has 0 aromatic heterocycles. The highest BCUT2D eigenvalue weighted by molar-refractivity contribution is 9.10. The summed E-state index contributed by atoms with van der Waals surface area (Å²) in [6.45, 7) is 3.94. The number of carbonyl (C=O) groups excluding carboxylic acids is 1. The van der Waals surface area contributed by atoms with Crippen LogP contribution in [0.5, 0.6) is 0 Å². The number of anilines is 2. The van der Waals surface area contributed by atoms with Crippen LogP contribution in [0.2, 0.25) is 5.02 Å². The molecule has 0 atom stereocenters. The molecular weight excluding hydrogens is 340 g/mol. The summed E-state index contributed by atoms with van der Waals surface area (Å²) in [5, 5.41) is 3.17. The molecule has 20 heavy (non-hydrogen) atoms. The Balaban J connectivity index is 2.33. The maximum Gasteiger partial charge on any atom is 0.259 e. The van der Waals surface area contributed by atoms with Crippen molar-refractivity contribution < 1.29 is 4.79 Å². The summed E-state index contributed by atoms with van der Waals surface area (Å²) < 4.78 is 1.03. The lowest BCUT2D eigenvalue weighted by Gasteiger charge is -2.11. The Morgan fingerprint density at radius 2 is 1.85 bits per heavy atom. The van der Waals surface area contributed by atoms with E-state index in [0.717, 1.165) is 15.6 Å². The Bertz CT molecular complexity index is 642. The Morgan fingerprint density at radius 3 is 2.40 bits per heavy atom. The van der Waals surface area contributed by atoms with Gasteiger partial charge in [-0.2, -0.15) is 0 Å². The molecule has 0 aliphatic heterocycles. The SMILES string of the molecule is Cc1cc(NC(=O)c2c(N)cccc2Cl)cc(C)c1Br. The Hall–Kier alpha value is -1.52. The molecule has 1 amide bonds. The van der Waals surface area contributed by atoms with E-state index in [1.165, 1.54) is 0 Å². The summed E-state index contributed by atoms with van der Waals surface area (Å²) >= 11 is 9.52. The van der Waals surface area contributed by atoms with Crippen molar-refractivity contribution >= 4 is 44.8 Å². The number of halogens is 2. The van der Waals surface area contributed by atoms with Crippen LogP contribution in [-0.2, 0) is 0 Å². The molecule has 0 saturated heterocycles. The number of nitrogens with two attached hydrogens (primary N) is 1. The normalized spacial score (nSPS) is 10.4. The first-order valence-corrected chi connectivity index (χ1v) is 7.19. The second kappa shape index (κ2) is 5.85. The quantitative estimate of drug-likeness (QED) is 0.778. The van der Waals surface area contributed by atoms with Gasteiger partial charge in [-0.15, -0.1) is 0 Å². The van der Waals surface area contributed by atoms with E-state index >= 15 is 0 Å². The minimum absolute atomic E-state index is 0.299. The number of hydrogen-bond acceptors (Lipinski definition) is 2. The highest BCUT2D eigenvalue weighted by Gasteiger charge is 2.14. The minimum Gasteiger partial charge on any atom is -0.398 e. The van der Waals surface area contributed by atoms with Gasteiger partial charge in [-0.3, -0.25) is 4.79 Å². The molecule has 0 bridgehead atoms. The van der Waals surface area contributed by atoms with E-state index in [-0.39, 0.29) is 5.91 Å². The first-order valence-electron chi connectivity index (χ1n) is 6.02. The van der Waals surface area contributed by atoms with Crippen molar-refractivity contribution in [1.29, 1.82) is 0 Å². The molecule has 2 aromatic rings. The molecule has 0 heterocycles. The fraction of sp³-hybridized carbons (Fsp3) is 0.133. The number of rotatable bonds is 2. The molecule has 3 nitrogen and oxygen atoms in total. The van der Waals surface area contributed by atoms with E-state index in [4.69, 9.17) is 17.3 Å². The molecule has 0 spiro atoms. The fourth-order valence-electron chi connectivity index (χ4n) is 1.99. The van der Waals surface area contributed by atoms with E-state index in [9.17, 15) is 4.79 Å². The summed E-state index contributed by atoms with van der Waals surface area (Å²) in [4.78, 5) is 12.3. The van der Waals surface area contributed by atoms with Gasteiger partial charge >= 0.3 is 0 Å². The predicted octanol–water partition coefficient (Wildman–Crippen LogP) is 4.55. The van der Waals surface area contributed by atoms with Gasteiger partial charge in [0, 0.05) is 15.8 Å². The summed E-state index contributed by atoms with van der Waals surface area (Å²) in [5.74, 6) is -0.311. The number of hydrogen-bond donors (Lipinski definition) is 2. The Morgan fingerprint density at radius 1 is 1.25 bits per heavy atom. The summed E-state index contributed by atoms with van der Waals surface area (Å²) in [5.41, 5.74) is 9.28. The van der Waals surface area contributed by atoms with Crippen molar-refractivity contribution in [2.45, 2.75) is 13.8 Å². The molecular formula is C15H14BrClN2O. The molecule has 0 unspecified atom stereocenters. The number of amides is 1. The van der Waals surface area contributed by atoms with Gasteiger partial charge in [-0.05, 0) is 49.2 Å². The van der Waals surface area contributed by atoms with E-state index < -0.39 is 0 Å². The minimum atomic E-state index is -0.311. The molecule has 3 N–H and O–H groups in total. The second-order valence-corrected chi connectivity index (χ2v) is 5.78. The number of benzene rings is 2. The van der Waals surface area contributed by atoms with Crippen LogP contribution in [0.3, 0.4) is 0 Å². The van der Waals surface area contributed by atoms with Crippen molar-refractivity contribution in [2.24, 2.45) is 0 Å². The van der Waals surface area contributed by atoms with Gasteiger partial charge in [-0.1, -0.05) is 33.6 Å². The van der Waals surface area contributed by atoms with Crippen molar-refractivity contribution in [3.63, 3.8) is 0 Å². The number of carbonyl (C=O) groups is 1. The van der Waals surface area contributed by atoms with Crippen LogP contribution < -0.4 is 11.1 Å². The smallest absolute Gasteiger partial charge is 0.259 e. The van der Waals surface area contributed by atoms with Crippen molar-refractivity contribution in [3.8, 4) is 0 Å². The zero-order valence-corrected chi connectivity index (χ0v) is 13.5. The van der Waals surface area contributed by atoms with Crippen LogP contribution in [-0.4, -0.2) is 5.91 Å². The number of nitrogen functional groups attached to an aromatic ring is 1. The first kappa shape index (κ1) is 14.9. The monoisotopic (exact) mass is 352 g/mol. The molecule has 104 valence electrons. The third kappa shape index (κ3) is 2.97. The summed E-state index contributed by atoms with van der Waals surface area (Å²) in [6.07, 6.45) is 0. The van der Waals surface area contributed by atoms with E-state index in [1.807, 2.05) is 26.0 Å². The highest BCUT2D eigenvalue weighted by atomic mass is 79.9. The summed E-state index contributed by atoms with van der Waals surface area (Å²) in [6, 6.07) is 8.79. The van der Waals surface area contributed by atoms with Crippen LogP contribution in [0.15, 0.2) is 34.8 Å². The fourth-order valence-corrected chi connectivity index (χ4v) is 2.49. The molecule has 0 aliphatic rings. The van der Waals surface area contributed by atoms with Crippen LogP contribution in [0.4, 0.5) is 11.4 Å². The molecule has 0 radical (unpaired) electrons. The zero-order chi connectivity index (χ0) is 14.9. The van der Waals surface area contributed by atoms with Crippen molar-refractivity contribution in [1.82, 2.24) is 0 Å². The second-order valence-electron chi connectivity index (χ2n) is 4.58. The predicted molar refractivity (Wildman–Crippen MR) is 87.4 cm³/mol. The Kier molecular flexibility index (Phi) is 4.35. The topological polar surface area (TPSA) is 55.1 Å². The third-order valence-electron chi connectivity index (χ3n) is 2.97. The molecule has 0 fully saturated rings. The van der Waals surface area contributed by atoms with Gasteiger partial charge in [0.1, 0.15) is 0 Å². The molecule has 0 saturated carbocycles. The number of aryl methyl sites for hydroxylation is 2. The van der Waals surface area contributed by atoms with Crippen LogP contribution >= 0.6 is 27.5 Å². The summed E-state index contributed by atoms with van der Waals surface area (Å²) in [7, 11) is 0. The lowest BCUT2D eigenvalue weighted by atomic mass is 10.1.